The van der Waals surface area contributed by atoms with E-state index in [4.69, 9.17) is 14.2 Å². The molecule has 1 fully saturated rings. The van der Waals surface area contributed by atoms with Crippen molar-refractivity contribution in [3.05, 3.63) is 23.3 Å². The maximum Gasteiger partial charge on any atom is 0.350 e. The van der Waals surface area contributed by atoms with Crippen LogP contribution in [0.15, 0.2) is 23.3 Å². The fourth-order valence-electron chi connectivity index (χ4n) is 3.35. The quantitative estimate of drug-likeness (QED) is 0.367. The van der Waals surface area contributed by atoms with E-state index in [0.29, 0.717) is 25.1 Å². The molecule has 0 aromatic rings. The molecule has 8 nitrogen and oxygen atoms in total. The molecular formula is C21H29NO7. The van der Waals surface area contributed by atoms with Crippen molar-refractivity contribution < 1.29 is 33.4 Å². The molecule has 29 heavy (non-hydrogen) atoms. The van der Waals surface area contributed by atoms with Gasteiger partial charge in [-0.05, 0) is 27.3 Å². The summed E-state index contributed by atoms with van der Waals surface area (Å²) < 4.78 is 16.3. The lowest BCUT2D eigenvalue weighted by Gasteiger charge is -2.34. The second kappa shape index (κ2) is 9.35. The number of esters is 3. The Balaban J connectivity index is 2.48. The first-order valence-electron chi connectivity index (χ1n) is 9.73. The molecule has 0 aromatic carbocycles. The fraction of sp³-hybridized carbons (Fsp3) is 0.619. The molecule has 3 atom stereocenters. The van der Waals surface area contributed by atoms with Crippen LogP contribution in [0, 0.1) is 5.92 Å². The molecule has 8 heteroatoms. The number of likely N-dealkylation sites (N-methyl/N-ethyl adjacent to an activating group) is 1. The van der Waals surface area contributed by atoms with Crippen LogP contribution in [0.25, 0.3) is 0 Å². The average Bonchev–Trinajstić information content (AvgIpc) is 2.65. The van der Waals surface area contributed by atoms with Gasteiger partial charge in [-0.1, -0.05) is 19.1 Å². The maximum absolute atomic E-state index is 12.9. The van der Waals surface area contributed by atoms with Crippen molar-refractivity contribution in [3.8, 4) is 0 Å². The molecule has 2 rings (SSSR count). The molecule has 2 aliphatic rings. The van der Waals surface area contributed by atoms with Crippen LogP contribution in [0.1, 0.15) is 40.5 Å². The normalized spacial score (nSPS) is 33.2. The minimum absolute atomic E-state index is 0.123. The minimum Gasteiger partial charge on any atom is -0.458 e. The zero-order valence-electron chi connectivity index (χ0n) is 17.6. The summed E-state index contributed by atoms with van der Waals surface area (Å²) in [5, 5.41) is 0. The van der Waals surface area contributed by atoms with E-state index in [1.54, 1.807) is 26.0 Å². The highest BCUT2D eigenvalue weighted by Gasteiger charge is 2.45. The molecule has 160 valence electrons. The Morgan fingerprint density at radius 2 is 2.03 bits per heavy atom. The van der Waals surface area contributed by atoms with Gasteiger partial charge in [0.15, 0.2) is 6.10 Å². The van der Waals surface area contributed by atoms with Crippen molar-refractivity contribution in [2.75, 3.05) is 26.7 Å². The number of nitrogens with zero attached hydrogens (tertiary/aromatic N) is 1. The third-order valence-electron chi connectivity index (χ3n) is 5.48. The zero-order chi connectivity index (χ0) is 21.8. The SMILES string of the molecule is C/C=C1/C[C@H](C)[C@@](C)(OC(C)=O)C(=O)OC/C2=C/CN(C)CC[C@H](OC1=O)C2=O. The van der Waals surface area contributed by atoms with Crippen molar-refractivity contribution in [1.82, 2.24) is 4.90 Å². The van der Waals surface area contributed by atoms with Crippen LogP contribution in [0.2, 0.25) is 0 Å². The molecule has 0 spiro atoms. The lowest BCUT2D eigenvalue weighted by molar-refractivity contribution is -0.185. The van der Waals surface area contributed by atoms with Gasteiger partial charge in [0.25, 0.3) is 0 Å². The summed E-state index contributed by atoms with van der Waals surface area (Å²) in [7, 11) is 1.88. The van der Waals surface area contributed by atoms with Crippen molar-refractivity contribution in [2.24, 2.45) is 5.92 Å². The Bertz CT molecular complexity index is 754. The summed E-state index contributed by atoms with van der Waals surface area (Å²) in [6.07, 6.45) is 2.78. The summed E-state index contributed by atoms with van der Waals surface area (Å²) >= 11 is 0. The van der Waals surface area contributed by atoms with E-state index in [-0.39, 0.29) is 24.4 Å². The molecule has 2 heterocycles. The summed E-state index contributed by atoms with van der Waals surface area (Å²) in [5.41, 5.74) is -1.05. The molecule has 1 saturated heterocycles. The number of ether oxygens (including phenoxy) is 3. The van der Waals surface area contributed by atoms with E-state index in [1.165, 1.54) is 13.8 Å². The summed E-state index contributed by atoms with van der Waals surface area (Å²) in [6.45, 7) is 6.83. The highest BCUT2D eigenvalue weighted by Crippen LogP contribution is 2.31. The Morgan fingerprint density at radius 3 is 2.66 bits per heavy atom. The topological polar surface area (TPSA) is 99.2 Å². The van der Waals surface area contributed by atoms with Crippen molar-refractivity contribution >= 4 is 23.7 Å². The van der Waals surface area contributed by atoms with Crippen molar-refractivity contribution in [2.45, 2.75) is 52.2 Å². The van der Waals surface area contributed by atoms with Crippen LogP contribution in [0.3, 0.4) is 0 Å². The molecule has 2 bridgehead atoms. The van der Waals surface area contributed by atoms with Crippen LogP contribution in [-0.2, 0) is 33.4 Å². The third kappa shape index (κ3) is 5.32. The van der Waals surface area contributed by atoms with Gasteiger partial charge in [-0.15, -0.1) is 0 Å². The molecule has 0 N–H and O–H groups in total. The van der Waals surface area contributed by atoms with Gasteiger partial charge in [0.2, 0.25) is 11.4 Å². The first-order chi connectivity index (χ1) is 13.6. The third-order valence-corrected chi connectivity index (χ3v) is 5.48. The van der Waals surface area contributed by atoms with E-state index in [2.05, 4.69) is 0 Å². The number of Topliss-reactive ketones (excluding diaryl/α,β-unsaturated/α-hetero) is 1. The van der Waals surface area contributed by atoms with Gasteiger partial charge in [0, 0.05) is 43.5 Å². The number of carbonyl (C=O) groups excluding carboxylic acids is 4. The van der Waals surface area contributed by atoms with E-state index in [0.717, 1.165) is 0 Å². The first kappa shape index (κ1) is 22.8. The number of carbonyl (C=O) groups is 4. The second-order valence-electron chi connectivity index (χ2n) is 7.73. The minimum atomic E-state index is -1.61. The standard InChI is InChI=1S/C21H29NO7/c1-6-15-11-13(2)21(4,29-14(3)23)20(26)27-12-16-7-9-22(5)10-8-17(18(16)24)28-19(15)25/h6-7,13,17H,8-12H2,1-5H3/b15-6-,16-7-/t13-,17-,21+/m0/s1. The number of rotatable bonds is 1. The number of fused-ring (bicyclic) bond motifs is 2. The molecule has 0 radical (unpaired) electrons. The van der Waals surface area contributed by atoms with E-state index in [9.17, 15) is 19.2 Å². The van der Waals surface area contributed by atoms with Gasteiger partial charge in [-0.25, -0.2) is 9.59 Å². The molecule has 0 aliphatic carbocycles. The van der Waals surface area contributed by atoms with Gasteiger partial charge >= 0.3 is 17.9 Å². The Morgan fingerprint density at radius 1 is 1.34 bits per heavy atom. The highest BCUT2D eigenvalue weighted by atomic mass is 16.6. The van der Waals surface area contributed by atoms with Crippen LogP contribution < -0.4 is 0 Å². The summed E-state index contributed by atoms with van der Waals surface area (Å²) in [5.74, 6) is -2.95. The molecule has 2 aliphatic heterocycles. The fourth-order valence-corrected chi connectivity index (χ4v) is 3.35. The predicted molar refractivity (Wildman–Crippen MR) is 104 cm³/mol. The molecule has 0 saturated carbocycles. The Hall–Kier alpha value is -2.48. The largest absolute Gasteiger partial charge is 0.458 e. The van der Waals surface area contributed by atoms with E-state index in [1.807, 2.05) is 11.9 Å². The first-order valence-corrected chi connectivity index (χ1v) is 9.73. The van der Waals surface area contributed by atoms with Crippen molar-refractivity contribution in [1.29, 1.82) is 0 Å². The summed E-state index contributed by atoms with van der Waals surface area (Å²) in [6, 6.07) is 0. The lowest BCUT2D eigenvalue weighted by atomic mass is 9.84. The Labute approximate surface area is 170 Å². The van der Waals surface area contributed by atoms with Crippen LogP contribution >= 0.6 is 0 Å². The average molecular weight is 407 g/mol. The maximum atomic E-state index is 12.9. The molecule has 0 amide bonds. The van der Waals surface area contributed by atoms with E-state index < -0.39 is 35.5 Å². The number of ketones is 1. The predicted octanol–water partition coefficient (Wildman–Crippen LogP) is 1.58. The zero-order valence-corrected chi connectivity index (χ0v) is 17.6. The number of cyclic esters (lactones) is 1. The molecular weight excluding hydrogens is 378 g/mol. The van der Waals surface area contributed by atoms with E-state index >= 15 is 0 Å². The highest BCUT2D eigenvalue weighted by molar-refractivity contribution is 6.01. The number of hydrogen-bond donors (Lipinski definition) is 0. The van der Waals surface area contributed by atoms with Gasteiger partial charge in [-0.2, -0.15) is 0 Å². The summed E-state index contributed by atoms with van der Waals surface area (Å²) in [4.78, 5) is 52.1. The second-order valence-corrected chi connectivity index (χ2v) is 7.73. The Kier molecular flexibility index (Phi) is 7.35. The van der Waals surface area contributed by atoms with Gasteiger partial charge in [0.1, 0.15) is 6.61 Å². The van der Waals surface area contributed by atoms with Gasteiger partial charge in [-0.3, -0.25) is 9.59 Å². The van der Waals surface area contributed by atoms with Crippen LogP contribution in [-0.4, -0.2) is 67.0 Å². The van der Waals surface area contributed by atoms with Crippen molar-refractivity contribution in [3.63, 3.8) is 0 Å². The van der Waals surface area contributed by atoms with Gasteiger partial charge in [0.05, 0.1) is 0 Å². The van der Waals surface area contributed by atoms with Crippen LogP contribution in [0.5, 0.6) is 0 Å². The number of hydrogen-bond acceptors (Lipinski definition) is 8. The molecule has 0 unspecified atom stereocenters. The lowest BCUT2D eigenvalue weighted by Crippen LogP contribution is -2.48. The number of allylic oxidation sites excluding steroid dienone is 1. The smallest absolute Gasteiger partial charge is 0.350 e. The van der Waals surface area contributed by atoms with Gasteiger partial charge < -0.3 is 19.1 Å². The van der Waals surface area contributed by atoms with Crippen LogP contribution in [0.4, 0.5) is 0 Å². The monoisotopic (exact) mass is 407 g/mol. The molecule has 0 aromatic heterocycles.